The van der Waals surface area contributed by atoms with E-state index in [1.54, 1.807) is 18.2 Å². The van der Waals surface area contributed by atoms with Crippen molar-refractivity contribution >= 4 is 46.4 Å². The first-order valence-corrected chi connectivity index (χ1v) is 12.1. The van der Waals surface area contributed by atoms with Crippen LogP contribution in [-0.4, -0.2) is 11.6 Å². The Kier molecular flexibility index (Phi) is 6.26. The lowest BCUT2D eigenvalue weighted by Gasteiger charge is -2.36. The second kappa shape index (κ2) is 9.17. The number of hydrogen-bond donors (Lipinski definition) is 0. The van der Waals surface area contributed by atoms with Gasteiger partial charge in [-0.2, -0.15) is 0 Å². The quantitative estimate of drug-likeness (QED) is 0.437. The first-order chi connectivity index (χ1) is 15.9. The van der Waals surface area contributed by atoms with Gasteiger partial charge in [-0.25, -0.2) is 0 Å². The van der Waals surface area contributed by atoms with Crippen molar-refractivity contribution in [2.75, 3.05) is 0 Å². The lowest BCUT2D eigenvalue weighted by Crippen LogP contribution is -2.30. The molecule has 0 aromatic heterocycles. The zero-order valence-electron chi connectivity index (χ0n) is 17.8. The third-order valence-electron chi connectivity index (χ3n) is 6.27. The fraction of sp³-hybridized carbons (Fsp3) is 0.308. The van der Waals surface area contributed by atoms with Crippen LogP contribution >= 0.6 is 34.8 Å². The monoisotopic (exact) mass is 502 g/mol. The highest BCUT2D eigenvalue weighted by molar-refractivity contribution is 6.37. The number of rotatable bonds is 4. The van der Waals surface area contributed by atoms with E-state index in [0.29, 0.717) is 74.7 Å². The number of ether oxygens (including phenoxy) is 2. The molecule has 0 saturated heterocycles. The summed E-state index contributed by atoms with van der Waals surface area (Å²) in [5, 5.41) is 1.26. The topological polar surface area (TPSA) is 52.6 Å². The van der Waals surface area contributed by atoms with Crippen LogP contribution in [0.2, 0.25) is 15.1 Å². The SMILES string of the molecule is O=C1CCCC2=C1C(c1cc(Cl)c(OCc3cccc(Cl)c3)c(Cl)c1)C1=C(CCCC1=O)O2. The maximum Gasteiger partial charge on any atom is 0.163 e. The predicted octanol–water partition coefficient (Wildman–Crippen LogP) is 7.35. The highest BCUT2D eigenvalue weighted by atomic mass is 35.5. The highest BCUT2D eigenvalue weighted by Gasteiger charge is 2.42. The molecule has 0 N–H and O–H groups in total. The summed E-state index contributed by atoms with van der Waals surface area (Å²) in [5.74, 6) is 1.22. The molecule has 0 saturated carbocycles. The van der Waals surface area contributed by atoms with Gasteiger partial charge in [0.1, 0.15) is 18.1 Å². The number of benzene rings is 2. The summed E-state index contributed by atoms with van der Waals surface area (Å²) in [7, 11) is 0. The predicted molar refractivity (Wildman–Crippen MR) is 128 cm³/mol. The summed E-state index contributed by atoms with van der Waals surface area (Å²) >= 11 is 19.3. The van der Waals surface area contributed by atoms with Gasteiger partial charge >= 0.3 is 0 Å². The Morgan fingerprint density at radius 1 is 0.848 bits per heavy atom. The average Bonchev–Trinajstić information content (AvgIpc) is 2.77. The van der Waals surface area contributed by atoms with Crippen LogP contribution in [0.25, 0.3) is 0 Å². The molecule has 33 heavy (non-hydrogen) atoms. The van der Waals surface area contributed by atoms with Crippen molar-refractivity contribution in [3.63, 3.8) is 0 Å². The molecule has 5 rings (SSSR count). The van der Waals surface area contributed by atoms with Crippen molar-refractivity contribution in [2.24, 2.45) is 0 Å². The summed E-state index contributed by atoms with van der Waals surface area (Å²) < 4.78 is 12.0. The van der Waals surface area contributed by atoms with Crippen LogP contribution in [0.15, 0.2) is 59.1 Å². The molecule has 0 spiro atoms. The van der Waals surface area contributed by atoms with E-state index < -0.39 is 5.92 Å². The van der Waals surface area contributed by atoms with Gasteiger partial charge in [0.25, 0.3) is 0 Å². The van der Waals surface area contributed by atoms with Crippen LogP contribution in [0.1, 0.15) is 55.6 Å². The van der Waals surface area contributed by atoms with Gasteiger partial charge in [0.15, 0.2) is 17.3 Å². The van der Waals surface area contributed by atoms with Crippen molar-refractivity contribution in [2.45, 2.75) is 51.0 Å². The second-order valence-corrected chi connectivity index (χ2v) is 9.75. The molecule has 3 aliphatic rings. The summed E-state index contributed by atoms with van der Waals surface area (Å²) in [6, 6.07) is 10.8. The second-order valence-electron chi connectivity index (χ2n) is 8.49. The van der Waals surface area contributed by atoms with Gasteiger partial charge < -0.3 is 9.47 Å². The van der Waals surface area contributed by atoms with Gasteiger partial charge in [0.2, 0.25) is 0 Å². The Labute approximate surface area is 207 Å². The van der Waals surface area contributed by atoms with Crippen LogP contribution in [-0.2, 0) is 20.9 Å². The lowest BCUT2D eigenvalue weighted by molar-refractivity contribution is -0.117. The molecule has 0 atom stereocenters. The Morgan fingerprint density at radius 3 is 2.03 bits per heavy atom. The molecule has 0 radical (unpaired) electrons. The van der Waals surface area contributed by atoms with Crippen molar-refractivity contribution in [1.29, 1.82) is 0 Å². The van der Waals surface area contributed by atoms with E-state index in [1.165, 1.54) is 0 Å². The standard InChI is InChI=1S/C26H21Cl3O4/c27-16-5-1-4-14(10-16)13-32-26-17(28)11-15(12-18(26)29)23-24-19(30)6-2-8-21(24)33-22-9-3-7-20(31)25(22)23/h1,4-5,10-12,23H,2-3,6-9,13H2. The zero-order chi connectivity index (χ0) is 23.1. The molecule has 2 aromatic rings. The lowest BCUT2D eigenvalue weighted by atomic mass is 9.73. The smallest absolute Gasteiger partial charge is 0.163 e. The maximum atomic E-state index is 12.9. The minimum Gasteiger partial charge on any atom is -0.486 e. The van der Waals surface area contributed by atoms with E-state index in [4.69, 9.17) is 44.3 Å². The van der Waals surface area contributed by atoms with Gasteiger partial charge in [0.05, 0.1) is 10.0 Å². The van der Waals surface area contributed by atoms with E-state index in [0.717, 1.165) is 18.4 Å². The van der Waals surface area contributed by atoms with Crippen LogP contribution < -0.4 is 4.74 Å². The zero-order valence-corrected chi connectivity index (χ0v) is 20.0. The number of halogens is 3. The number of hydrogen-bond acceptors (Lipinski definition) is 4. The molecule has 7 heteroatoms. The maximum absolute atomic E-state index is 12.9. The normalized spacial score (nSPS) is 18.8. The van der Waals surface area contributed by atoms with E-state index in [1.807, 2.05) is 18.2 Å². The summed E-state index contributed by atoms with van der Waals surface area (Å²) in [6.07, 6.45) is 3.75. The minimum absolute atomic E-state index is 0.0136. The van der Waals surface area contributed by atoms with Crippen molar-refractivity contribution < 1.29 is 19.1 Å². The van der Waals surface area contributed by atoms with E-state index >= 15 is 0 Å². The Morgan fingerprint density at radius 2 is 1.45 bits per heavy atom. The third-order valence-corrected chi connectivity index (χ3v) is 7.06. The Hall–Kier alpha value is -2.27. The summed E-state index contributed by atoms with van der Waals surface area (Å²) in [4.78, 5) is 25.9. The van der Waals surface area contributed by atoms with Crippen molar-refractivity contribution in [3.05, 3.63) is 85.3 Å². The third kappa shape index (κ3) is 4.32. The van der Waals surface area contributed by atoms with E-state index in [9.17, 15) is 9.59 Å². The number of ketones is 2. The van der Waals surface area contributed by atoms with Crippen LogP contribution in [0.3, 0.4) is 0 Å². The van der Waals surface area contributed by atoms with Gasteiger partial charge in [0, 0.05) is 47.8 Å². The highest BCUT2D eigenvalue weighted by Crippen LogP contribution is 2.49. The fourth-order valence-corrected chi connectivity index (χ4v) is 5.64. The molecule has 0 unspecified atom stereocenters. The fourth-order valence-electron chi connectivity index (χ4n) is 4.82. The summed E-state index contributed by atoms with van der Waals surface area (Å²) in [5.41, 5.74) is 2.72. The van der Waals surface area contributed by atoms with Gasteiger partial charge in [-0.3, -0.25) is 9.59 Å². The van der Waals surface area contributed by atoms with Gasteiger partial charge in [-0.1, -0.05) is 46.9 Å². The molecule has 0 amide bonds. The van der Waals surface area contributed by atoms with E-state index in [2.05, 4.69) is 0 Å². The van der Waals surface area contributed by atoms with Crippen LogP contribution in [0.5, 0.6) is 5.75 Å². The first kappa shape index (κ1) is 22.5. The number of carbonyl (C=O) groups is 2. The Bertz CT molecular complexity index is 1160. The molecule has 1 aliphatic heterocycles. The average molecular weight is 504 g/mol. The van der Waals surface area contributed by atoms with Crippen molar-refractivity contribution in [3.8, 4) is 5.75 Å². The van der Waals surface area contributed by atoms with E-state index in [-0.39, 0.29) is 18.2 Å². The number of carbonyl (C=O) groups excluding carboxylic acids is 2. The molecule has 0 bridgehead atoms. The van der Waals surface area contributed by atoms with Gasteiger partial charge in [-0.05, 0) is 48.2 Å². The molecular weight excluding hydrogens is 483 g/mol. The molecule has 2 aromatic carbocycles. The molecule has 170 valence electrons. The molecule has 1 heterocycles. The number of allylic oxidation sites excluding steroid dienone is 4. The number of Topliss-reactive ketones (excluding diaryl/α,β-unsaturated/α-hetero) is 2. The van der Waals surface area contributed by atoms with Gasteiger partial charge in [-0.15, -0.1) is 0 Å². The molecular formula is C26H21Cl3O4. The van der Waals surface area contributed by atoms with Crippen molar-refractivity contribution in [1.82, 2.24) is 0 Å². The first-order valence-electron chi connectivity index (χ1n) is 11.0. The molecule has 4 nitrogen and oxygen atoms in total. The molecule has 0 fully saturated rings. The molecule has 2 aliphatic carbocycles. The summed E-state index contributed by atoms with van der Waals surface area (Å²) in [6.45, 7) is 0.248. The van der Waals surface area contributed by atoms with Crippen LogP contribution in [0, 0.1) is 0 Å². The largest absolute Gasteiger partial charge is 0.486 e. The minimum atomic E-state index is -0.513. The Balaban J connectivity index is 1.53. The van der Waals surface area contributed by atoms with Crippen LogP contribution in [0.4, 0.5) is 0 Å².